The van der Waals surface area contributed by atoms with Crippen molar-refractivity contribution in [1.82, 2.24) is 0 Å². The van der Waals surface area contributed by atoms with E-state index in [1.165, 1.54) is 0 Å². The highest BCUT2D eigenvalue weighted by Crippen LogP contribution is 2.17. The summed E-state index contributed by atoms with van der Waals surface area (Å²) in [6, 6.07) is 7.80. The molecule has 16 heavy (non-hydrogen) atoms. The summed E-state index contributed by atoms with van der Waals surface area (Å²) >= 11 is 3.38. The van der Waals surface area contributed by atoms with Crippen molar-refractivity contribution in [1.29, 1.82) is 0 Å². The lowest BCUT2D eigenvalue weighted by atomic mass is 10.3. The number of hydrogen-bond acceptors (Lipinski definition) is 3. The second kappa shape index (κ2) is 6.23. The molecule has 1 aromatic carbocycles. The minimum absolute atomic E-state index is 0.0933. The summed E-state index contributed by atoms with van der Waals surface area (Å²) in [6.45, 7) is 2.21. The minimum Gasteiger partial charge on any atom is -0.493 e. The molecule has 0 unspecified atom stereocenters. The Morgan fingerprint density at radius 3 is 2.56 bits per heavy atom. The smallest absolute Gasteiger partial charge is 0.160 e. The second-order valence-electron chi connectivity index (χ2n) is 3.62. The van der Waals surface area contributed by atoms with Gasteiger partial charge in [0, 0.05) is 10.9 Å². The summed E-state index contributed by atoms with van der Waals surface area (Å²) in [5.41, 5.74) is 0. The Morgan fingerprint density at radius 2 is 1.88 bits per heavy atom. The van der Waals surface area contributed by atoms with Crippen molar-refractivity contribution >= 4 is 15.9 Å². The molecular weight excluding hydrogens is 272 g/mol. The molecule has 0 N–H and O–H groups in total. The van der Waals surface area contributed by atoms with Gasteiger partial charge in [-0.2, -0.15) is 0 Å². The minimum atomic E-state index is -0.0933. The topological polar surface area (TPSA) is 27.7 Å². The van der Waals surface area contributed by atoms with Crippen LogP contribution in [-0.4, -0.2) is 26.1 Å². The molecule has 0 aliphatic carbocycles. The molecule has 0 spiro atoms. The molecule has 0 amide bonds. The third-order valence-electron chi connectivity index (χ3n) is 2.33. The zero-order chi connectivity index (χ0) is 11.2. The first-order valence-electron chi connectivity index (χ1n) is 5.46. The zero-order valence-corrected chi connectivity index (χ0v) is 10.6. The van der Waals surface area contributed by atoms with Crippen LogP contribution in [0.3, 0.4) is 0 Å². The van der Waals surface area contributed by atoms with Crippen molar-refractivity contribution in [3.8, 4) is 5.75 Å². The Balaban J connectivity index is 1.69. The maximum atomic E-state index is 5.58. The molecule has 0 aromatic heterocycles. The maximum Gasteiger partial charge on any atom is 0.160 e. The summed E-state index contributed by atoms with van der Waals surface area (Å²) in [7, 11) is 0. The third kappa shape index (κ3) is 3.77. The average Bonchev–Trinajstić information content (AvgIpc) is 2.33. The van der Waals surface area contributed by atoms with E-state index in [2.05, 4.69) is 15.9 Å². The average molecular weight is 287 g/mol. The molecule has 4 heteroatoms. The number of halogens is 1. The summed E-state index contributed by atoms with van der Waals surface area (Å²) in [5, 5.41) is 0. The van der Waals surface area contributed by atoms with Crippen LogP contribution in [0.25, 0.3) is 0 Å². The van der Waals surface area contributed by atoms with E-state index in [9.17, 15) is 0 Å². The van der Waals surface area contributed by atoms with Gasteiger partial charge in [-0.05, 0) is 30.7 Å². The summed E-state index contributed by atoms with van der Waals surface area (Å²) in [4.78, 5) is 0. The van der Waals surface area contributed by atoms with E-state index in [4.69, 9.17) is 14.2 Å². The second-order valence-corrected chi connectivity index (χ2v) is 4.53. The molecule has 1 aliphatic rings. The fourth-order valence-electron chi connectivity index (χ4n) is 1.51. The summed E-state index contributed by atoms with van der Waals surface area (Å²) < 4.78 is 17.5. The normalized spacial score (nSPS) is 17.3. The van der Waals surface area contributed by atoms with Gasteiger partial charge in [0.2, 0.25) is 0 Å². The van der Waals surface area contributed by atoms with Crippen molar-refractivity contribution in [2.75, 3.05) is 19.8 Å². The predicted octanol–water partition coefficient (Wildman–Crippen LogP) is 2.98. The molecule has 1 fully saturated rings. The van der Waals surface area contributed by atoms with Gasteiger partial charge in [0.1, 0.15) is 5.75 Å². The van der Waals surface area contributed by atoms with Crippen LogP contribution in [0.5, 0.6) is 5.75 Å². The quantitative estimate of drug-likeness (QED) is 0.852. The van der Waals surface area contributed by atoms with E-state index in [0.717, 1.165) is 36.3 Å². The van der Waals surface area contributed by atoms with E-state index in [1.54, 1.807) is 0 Å². The lowest BCUT2D eigenvalue weighted by Gasteiger charge is -2.23. The van der Waals surface area contributed by atoms with Crippen LogP contribution < -0.4 is 4.74 Å². The van der Waals surface area contributed by atoms with Gasteiger partial charge < -0.3 is 14.2 Å². The molecule has 0 saturated carbocycles. The molecular formula is C12H15BrO3. The van der Waals surface area contributed by atoms with Crippen LogP contribution in [0.4, 0.5) is 0 Å². The molecule has 2 rings (SSSR count). The van der Waals surface area contributed by atoms with Gasteiger partial charge in [0.15, 0.2) is 6.29 Å². The van der Waals surface area contributed by atoms with Gasteiger partial charge in [0.25, 0.3) is 0 Å². The van der Waals surface area contributed by atoms with Crippen LogP contribution in [0.1, 0.15) is 12.8 Å². The van der Waals surface area contributed by atoms with Gasteiger partial charge in [-0.15, -0.1) is 0 Å². The SMILES string of the molecule is Brc1ccc(OCCC2OCCCO2)cc1. The number of benzene rings is 1. The Kier molecular flexibility index (Phi) is 4.63. The van der Waals surface area contributed by atoms with Gasteiger partial charge in [0.05, 0.1) is 19.8 Å². The van der Waals surface area contributed by atoms with Gasteiger partial charge in [-0.3, -0.25) is 0 Å². The fraction of sp³-hybridized carbons (Fsp3) is 0.500. The Hall–Kier alpha value is -0.580. The Morgan fingerprint density at radius 1 is 1.19 bits per heavy atom. The van der Waals surface area contributed by atoms with Crippen LogP contribution >= 0.6 is 15.9 Å². The maximum absolute atomic E-state index is 5.58. The van der Waals surface area contributed by atoms with Crippen molar-refractivity contribution < 1.29 is 14.2 Å². The summed E-state index contributed by atoms with van der Waals surface area (Å²) in [5.74, 6) is 0.874. The Labute approximate surface area is 104 Å². The molecule has 0 atom stereocenters. The lowest BCUT2D eigenvalue weighted by molar-refractivity contribution is -0.183. The number of ether oxygens (including phenoxy) is 3. The van der Waals surface area contributed by atoms with Gasteiger partial charge >= 0.3 is 0 Å². The van der Waals surface area contributed by atoms with E-state index in [0.29, 0.717) is 6.61 Å². The monoisotopic (exact) mass is 286 g/mol. The highest BCUT2D eigenvalue weighted by molar-refractivity contribution is 9.10. The number of hydrogen-bond donors (Lipinski definition) is 0. The molecule has 0 bridgehead atoms. The predicted molar refractivity (Wildman–Crippen MR) is 64.6 cm³/mol. The van der Waals surface area contributed by atoms with E-state index in [-0.39, 0.29) is 6.29 Å². The molecule has 1 aliphatic heterocycles. The molecule has 0 radical (unpaired) electrons. The van der Waals surface area contributed by atoms with Crippen LogP contribution in [0.15, 0.2) is 28.7 Å². The molecule has 1 heterocycles. The van der Waals surface area contributed by atoms with E-state index >= 15 is 0 Å². The molecule has 3 nitrogen and oxygen atoms in total. The van der Waals surface area contributed by atoms with Crippen molar-refractivity contribution in [3.05, 3.63) is 28.7 Å². The zero-order valence-electron chi connectivity index (χ0n) is 9.02. The molecule has 1 aromatic rings. The molecule has 1 saturated heterocycles. The Bertz CT molecular complexity index is 307. The van der Waals surface area contributed by atoms with Crippen LogP contribution in [0.2, 0.25) is 0 Å². The standard InChI is InChI=1S/C12H15BrO3/c13-10-2-4-11(5-3-10)14-9-6-12-15-7-1-8-16-12/h2-5,12H,1,6-9H2. The van der Waals surface area contributed by atoms with Gasteiger partial charge in [-0.25, -0.2) is 0 Å². The van der Waals surface area contributed by atoms with Crippen molar-refractivity contribution in [3.63, 3.8) is 0 Å². The number of rotatable bonds is 4. The first-order valence-corrected chi connectivity index (χ1v) is 6.25. The highest BCUT2D eigenvalue weighted by atomic mass is 79.9. The van der Waals surface area contributed by atoms with E-state index in [1.807, 2.05) is 24.3 Å². The molecule has 88 valence electrons. The van der Waals surface area contributed by atoms with Crippen LogP contribution in [-0.2, 0) is 9.47 Å². The van der Waals surface area contributed by atoms with Crippen LogP contribution in [0, 0.1) is 0 Å². The van der Waals surface area contributed by atoms with Crippen molar-refractivity contribution in [2.45, 2.75) is 19.1 Å². The first-order chi connectivity index (χ1) is 7.84. The third-order valence-corrected chi connectivity index (χ3v) is 2.86. The summed E-state index contributed by atoms with van der Waals surface area (Å²) in [6.07, 6.45) is 1.67. The largest absolute Gasteiger partial charge is 0.493 e. The van der Waals surface area contributed by atoms with Gasteiger partial charge in [-0.1, -0.05) is 15.9 Å². The van der Waals surface area contributed by atoms with E-state index < -0.39 is 0 Å². The first kappa shape index (κ1) is 11.9. The highest BCUT2D eigenvalue weighted by Gasteiger charge is 2.13. The lowest BCUT2D eigenvalue weighted by Crippen LogP contribution is -2.26. The van der Waals surface area contributed by atoms with Crippen molar-refractivity contribution in [2.24, 2.45) is 0 Å². The fourth-order valence-corrected chi connectivity index (χ4v) is 1.77.